The molecule has 0 radical (unpaired) electrons. The summed E-state index contributed by atoms with van der Waals surface area (Å²) in [5.74, 6) is -0.462. The molecular formula is C14H17F3N2O. The van der Waals surface area contributed by atoms with Crippen LogP contribution in [-0.2, 0) is 11.0 Å². The number of hydrogen-bond acceptors (Lipinski definition) is 2. The van der Waals surface area contributed by atoms with E-state index >= 15 is 0 Å². The van der Waals surface area contributed by atoms with Crippen molar-refractivity contribution in [2.45, 2.75) is 37.4 Å². The van der Waals surface area contributed by atoms with Crippen LogP contribution in [0.25, 0.3) is 0 Å². The molecule has 20 heavy (non-hydrogen) atoms. The van der Waals surface area contributed by atoms with Crippen LogP contribution < -0.4 is 11.1 Å². The first kappa shape index (κ1) is 14.8. The van der Waals surface area contributed by atoms with Crippen LogP contribution >= 0.6 is 0 Å². The fraction of sp³-hybridized carbons (Fsp3) is 0.500. The molecule has 1 aliphatic carbocycles. The van der Waals surface area contributed by atoms with Crippen molar-refractivity contribution in [2.75, 3.05) is 6.54 Å². The Morgan fingerprint density at radius 3 is 2.75 bits per heavy atom. The molecule has 0 heterocycles. The number of carbonyl (C=O) groups is 1. The van der Waals surface area contributed by atoms with Gasteiger partial charge in [-0.05, 0) is 30.4 Å². The van der Waals surface area contributed by atoms with Gasteiger partial charge in [0.25, 0.3) is 0 Å². The molecule has 3 nitrogen and oxygen atoms in total. The van der Waals surface area contributed by atoms with Gasteiger partial charge in [0.15, 0.2) is 0 Å². The summed E-state index contributed by atoms with van der Waals surface area (Å²) in [5.41, 5.74) is 5.12. The highest BCUT2D eigenvalue weighted by atomic mass is 19.4. The van der Waals surface area contributed by atoms with Gasteiger partial charge in [0, 0.05) is 6.04 Å². The Hall–Kier alpha value is -1.56. The van der Waals surface area contributed by atoms with Crippen molar-refractivity contribution < 1.29 is 18.0 Å². The fourth-order valence-electron chi connectivity index (χ4n) is 2.78. The average molecular weight is 286 g/mol. The van der Waals surface area contributed by atoms with Gasteiger partial charge in [-0.1, -0.05) is 24.6 Å². The molecule has 6 heteroatoms. The van der Waals surface area contributed by atoms with E-state index in [1.807, 2.05) is 0 Å². The van der Waals surface area contributed by atoms with Crippen LogP contribution in [0.4, 0.5) is 13.2 Å². The normalized spacial score (nSPS) is 22.9. The second-order valence-electron chi connectivity index (χ2n) is 5.11. The highest BCUT2D eigenvalue weighted by Crippen LogP contribution is 2.37. The molecule has 2 atom stereocenters. The van der Waals surface area contributed by atoms with E-state index in [9.17, 15) is 18.0 Å². The van der Waals surface area contributed by atoms with Crippen molar-refractivity contribution in [2.24, 2.45) is 5.73 Å². The number of primary amides is 1. The third-order valence-corrected chi connectivity index (χ3v) is 3.70. The lowest BCUT2D eigenvalue weighted by atomic mass is 9.92. The first-order valence-electron chi connectivity index (χ1n) is 6.57. The Balaban J connectivity index is 2.15. The highest BCUT2D eigenvalue weighted by Gasteiger charge is 2.33. The average Bonchev–Trinajstić information content (AvgIpc) is 2.83. The van der Waals surface area contributed by atoms with Crippen molar-refractivity contribution in [3.63, 3.8) is 0 Å². The van der Waals surface area contributed by atoms with Crippen molar-refractivity contribution in [3.8, 4) is 0 Å². The van der Waals surface area contributed by atoms with Crippen molar-refractivity contribution in [1.29, 1.82) is 0 Å². The summed E-state index contributed by atoms with van der Waals surface area (Å²) >= 11 is 0. The zero-order chi connectivity index (χ0) is 14.8. The van der Waals surface area contributed by atoms with Crippen molar-refractivity contribution in [1.82, 2.24) is 5.32 Å². The number of nitrogens with one attached hydrogen (secondary N) is 1. The first-order chi connectivity index (χ1) is 9.38. The van der Waals surface area contributed by atoms with Gasteiger partial charge in [0.2, 0.25) is 5.91 Å². The number of alkyl halides is 3. The minimum Gasteiger partial charge on any atom is -0.369 e. The molecule has 1 aromatic rings. The molecule has 1 amide bonds. The topological polar surface area (TPSA) is 55.1 Å². The predicted octanol–water partition coefficient (Wildman–Crippen LogP) is 2.42. The Labute approximate surface area is 115 Å². The number of amides is 1. The third kappa shape index (κ3) is 3.50. The summed E-state index contributed by atoms with van der Waals surface area (Å²) in [6, 6.07) is 5.43. The second kappa shape index (κ2) is 5.83. The van der Waals surface area contributed by atoms with E-state index < -0.39 is 17.6 Å². The molecule has 0 spiro atoms. The summed E-state index contributed by atoms with van der Waals surface area (Å²) in [5, 5.41) is 3.03. The molecule has 0 aromatic heterocycles. The van der Waals surface area contributed by atoms with Gasteiger partial charge in [0.1, 0.15) is 0 Å². The zero-order valence-corrected chi connectivity index (χ0v) is 10.9. The maximum Gasteiger partial charge on any atom is 0.416 e. The first-order valence-corrected chi connectivity index (χ1v) is 6.57. The van der Waals surface area contributed by atoms with E-state index in [1.54, 1.807) is 6.07 Å². The maximum absolute atomic E-state index is 12.7. The lowest BCUT2D eigenvalue weighted by Gasteiger charge is -2.21. The summed E-state index contributed by atoms with van der Waals surface area (Å²) < 4.78 is 38.2. The van der Waals surface area contributed by atoms with E-state index in [0.717, 1.165) is 25.3 Å². The molecule has 2 rings (SSSR count). The molecule has 1 fully saturated rings. The van der Waals surface area contributed by atoms with E-state index in [-0.39, 0.29) is 18.5 Å². The molecule has 3 N–H and O–H groups in total. The molecule has 1 aromatic carbocycles. The zero-order valence-electron chi connectivity index (χ0n) is 10.9. The largest absolute Gasteiger partial charge is 0.416 e. The monoisotopic (exact) mass is 286 g/mol. The Morgan fingerprint density at radius 1 is 1.35 bits per heavy atom. The van der Waals surface area contributed by atoms with Gasteiger partial charge in [-0.15, -0.1) is 0 Å². The molecule has 0 unspecified atom stereocenters. The van der Waals surface area contributed by atoms with E-state index in [1.165, 1.54) is 12.1 Å². The Morgan fingerprint density at radius 2 is 2.10 bits per heavy atom. The van der Waals surface area contributed by atoms with Crippen molar-refractivity contribution >= 4 is 5.91 Å². The van der Waals surface area contributed by atoms with Gasteiger partial charge in [0.05, 0.1) is 12.1 Å². The fourth-order valence-corrected chi connectivity index (χ4v) is 2.78. The molecule has 0 bridgehead atoms. The molecular weight excluding hydrogens is 269 g/mol. The van der Waals surface area contributed by atoms with Gasteiger partial charge < -0.3 is 11.1 Å². The minimum absolute atomic E-state index is 0.00310. The number of carbonyl (C=O) groups excluding carboxylic acids is 1. The lowest BCUT2D eigenvalue weighted by molar-refractivity contribution is -0.137. The quantitative estimate of drug-likeness (QED) is 0.893. The Kier molecular flexibility index (Phi) is 4.32. The number of benzene rings is 1. The summed E-state index contributed by atoms with van der Waals surface area (Å²) in [7, 11) is 0. The third-order valence-electron chi connectivity index (χ3n) is 3.70. The highest BCUT2D eigenvalue weighted by molar-refractivity contribution is 5.75. The Bertz CT molecular complexity index is 488. The van der Waals surface area contributed by atoms with Crippen molar-refractivity contribution in [3.05, 3.63) is 35.4 Å². The van der Waals surface area contributed by atoms with Crippen LogP contribution in [0, 0.1) is 0 Å². The van der Waals surface area contributed by atoms with Crippen LogP contribution in [0.1, 0.15) is 36.3 Å². The molecule has 0 saturated heterocycles. The molecule has 1 saturated carbocycles. The van der Waals surface area contributed by atoms with Gasteiger partial charge in [-0.2, -0.15) is 13.2 Å². The molecule has 1 aliphatic rings. The van der Waals surface area contributed by atoms with Gasteiger partial charge in [-0.25, -0.2) is 0 Å². The van der Waals surface area contributed by atoms with Crippen LogP contribution in [0.3, 0.4) is 0 Å². The lowest BCUT2D eigenvalue weighted by Crippen LogP contribution is -2.37. The summed E-state index contributed by atoms with van der Waals surface area (Å²) in [6.45, 7) is 0.0557. The van der Waals surface area contributed by atoms with Crippen LogP contribution in [0.15, 0.2) is 24.3 Å². The van der Waals surface area contributed by atoms with Gasteiger partial charge in [-0.3, -0.25) is 4.79 Å². The molecule has 110 valence electrons. The number of halogens is 3. The maximum atomic E-state index is 12.7. The van der Waals surface area contributed by atoms with E-state index in [0.29, 0.717) is 5.56 Å². The molecule has 0 aliphatic heterocycles. The van der Waals surface area contributed by atoms with E-state index in [2.05, 4.69) is 5.32 Å². The number of nitrogens with two attached hydrogens (primary N) is 1. The van der Waals surface area contributed by atoms with Crippen LogP contribution in [-0.4, -0.2) is 18.5 Å². The predicted molar refractivity (Wildman–Crippen MR) is 69.0 cm³/mol. The SMILES string of the molecule is NC(=O)CN[C@@H]1CCC[C@@H]1c1cccc(C(F)(F)F)c1. The van der Waals surface area contributed by atoms with Gasteiger partial charge >= 0.3 is 6.18 Å². The number of hydrogen-bond donors (Lipinski definition) is 2. The smallest absolute Gasteiger partial charge is 0.369 e. The van der Waals surface area contributed by atoms with E-state index in [4.69, 9.17) is 5.73 Å². The summed E-state index contributed by atoms with van der Waals surface area (Å²) in [4.78, 5) is 10.8. The van der Waals surface area contributed by atoms with Crippen LogP contribution in [0.2, 0.25) is 0 Å². The minimum atomic E-state index is -4.33. The standard InChI is InChI=1S/C14H17F3N2O/c15-14(16,17)10-4-1-3-9(7-10)11-5-2-6-12(11)19-8-13(18)20/h1,3-4,7,11-12,19H,2,5-6,8H2,(H2,18,20)/t11-,12-/m1/s1. The van der Waals surface area contributed by atoms with Crippen LogP contribution in [0.5, 0.6) is 0 Å². The second-order valence-corrected chi connectivity index (χ2v) is 5.11. The summed E-state index contributed by atoms with van der Waals surface area (Å²) in [6.07, 6.45) is -1.74. The number of rotatable bonds is 4.